The number of benzene rings is 1. The largest absolute Gasteiger partial charge is 0.504 e. The molecule has 8 heteroatoms. The number of likely N-dealkylation sites (tertiary alicyclic amines) is 1. The first-order valence-electron chi connectivity index (χ1n) is 13.5. The number of piperidine rings is 1. The van der Waals surface area contributed by atoms with Gasteiger partial charge >= 0.3 is 6.09 Å². The number of rotatable bonds is 4. The molecular weight excluding hydrogens is 458 g/mol. The molecule has 6 rings (SSSR count). The van der Waals surface area contributed by atoms with Gasteiger partial charge < -0.3 is 24.8 Å². The Bertz CT molecular complexity index is 1110. The summed E-state index contributed by atoms with van der Waals surface area (Å²) in [7, 11) is 1.79. The summed E-state index contributed by atoms with van der Waals surface area (Å²) in [4.78, 5) is 30.3. The first-order chi connectivity index (χ1) is 17.0. The molecule has 2 amide bonds. The van der Waals surface area contributed by atoms with Crippen molar-refractivity contribution in [3.63, 3.8) is 0 Å². The predicted molar refractivity (Wildman–Crippen MR) is 134 cm³/mol. The van der Waals surface area contributed by atoms with E-state index in [-0.39, 0.29) is 35.9 Å². The van der Waals surface area contributed by atoms with Crippen LogP contribution in [0.4, 0.5) is 4.79 Å². The van der Waals surface area contributed by atoms with E-state index < -0.39 is 16.6 Å². The lowest BCUT2D eigenvalue weighted by Crippen LogP contribution is -2.83. The Morgan fingerprint density at radius 1 is 1.25 bits per heavy atom. The summed E-state index contributed by atoms with van der Waals surface area (Å²) < 4.78 is 12.4. The van der Waals surface area contributed by atoms with E-state index in [1.165, 1.54) is 18.4 Å². The summed E-state index contributed by atoms with van der Waals surface area (Å²) in [5, 5.41) is 14.4. The molecule has 1 saturated heterocycles. The summed E-state index contributed by atoms with van der Waals surface area (Å²) in [5.74, 6) is 1.37. The van der Waals surface area contributed by atoms with Gasteiger partial charge in [0.05, 0.1) is 17.0 Å². The zero-order chi connectivity index (χ0) is 25.6. The van der Waals surface area contributed by atoms with Gasteiger partial charge in [0.1, 0.15) is 11.7 Å². The van der Waals surface area contributed by atoms with Crippen LogP contribution >= 0.6 is 0 Å². The third-order valence-corrected chi connectivity index (χ3v) is 9.36. The molecule has 2 aliphatic heterocycles. The number of likely N-dealkylation sites (N-methyl/N-ethyl adjacent to an activating group) is 1. The van der Waals surface area contributed by atoms with Crippen LogP contribution in [0.5, 0.6) is 11.5 Å². The van der Waals surface area contributed by atoms with Crippen LogP contribution in [0.3, 0.4) is 0 Å². The Morgan fingerprint density at radius 3 is 2.67 bits per heavy atom. The lowest BCUT2D eigenvalue weighted by atomic mass is 9.46. The fourth-order valence-corrected chi connectivity index (χ4v) is 7.94. The molecule has 2 unspecified atom stereocenters. The number of nitrogens with zero attached hydrogens (tertiary/aromatic N) is 2. The quantitative estimate of drug-likeness (QED) is 0.663. The predicted octanol–water partition coefficient (Wildman–Crippen LogP) is 3.34. The van der Waals surface area contributed by atoms with Crippen molar-refractivity contribution in [3.8, 4) is 11.5 Å². The van der Waals surface area contributed by atoms with Crippen LogP contribution in [0.25, 0.3) is 0 Å². The fraction of sp³-hybridized carbons (Fsp3) is 0.714. The number of carbonyl (C=O) groups is 2. The minimum absolute atomic E-state index is 0.0394. The summed E-state index contributed by atoms with van der Waals surface area (Å²) in [6.45, 7) is 9.19. The Morgan fingerprint density at radius 2 is 2.00 bits per heavy atom. The fourth-order valence-electron chi connectivity index (χ4n) is 7.94. The Hall–Kier alpha value is -2.48. The minimum Gasteiger partial charge on any atom is -0.504 e. The van der Waals surface area contributed by atoms with Crippen molar-refractivity contribution in [1.29, 1.82) is 0 Å². The number of hydrogen-bond acceptors (Lipinski definition) is 6. The van der Waals surface area contributed by atoms with Gasteiger partial charge in [-0.1, -0.05) is 6.07 Å². The normalized spacial score (nSPS) is 34.4. The molecule has 3 aliphatic carbocycles. The topological polar surface area (TPSA) is 91.3 Å². The van der Waals surface area contributed by atoms with E-state index in [1.54, 1.807) is 24.9 Å². The SMILES string of the molecule is CC(=O)N[C@@]12CCC(N(C)C(=O)OC(C)(C)C)C3Oc4c(O)ccc5c4[C@@]31CCN(CC1CC1)[C@@H]2C5. The maximum absolute atomic E-state index is 13.2. The second-order valence-corrected chi connectivity index (χ2v) is 12.7. The smallest absolute Gasteiger partial charge is 0.410 e. The summed E-state index contributed by atoms with van der Waals surface area (Å²) in [6.07, 6.45) is 4.85. The van der Waals surface area contributed by atoms with Crippen molar-refractivity contribution >= 4 is 12.0 Å². The number of hydrogen-bond donors (Lipinski definition) is 2. The highest BCUT2D eigenvalue weighted by molar-refractivity contribution is 5.76. The molecule has 1 aromatic carbocycles. The molecule has 1 aromatic rings. The van der Waals surface area contributed by atoms with E-state index in [9.17, 15) is 14.7 Å². The lowest BCUT2D eigenvalue weighted by Gasteiger charge is -2.67. The number of ether oxygens (including phenoxy) is 2. The van der Waals surface area contributed by atoms with Crippen LogP contribution in [0, 0.1) is 5.92 Å². The van der Waals surface area contributed by atoms with Crippen molar-refractivity contribution in [1.82, 2.24) is 15.1 Å². The molecule has 5 atom stereocenters. The minimum atomic E-state index is -0.604. The van der Waals surface area contributed by atoms with E-state index >= 15 is 0 Å². The second-order valence-electron chi connectivity index (χ2n) is 12.7. The number of amides is 2. The van der Waals surface area contributed by atoms with Gasteiger partial charge in [0.25, 0.3) is 0 Å². The maximum atomic E-state index is 13.2. The maximum Gasteiger partial charge on any atom is 0.410 e. The van der Waals surface area contributed by atoms with Gasteiger partial charge in [-0.15, -0.1) is 0 Å². The van der Waals surface area contributed by atoms with Crippen LogP contribution in [0.2, 0.25) is 0 Å². The van der Waals surface area contributed by atoms with Crippen molar-refractivity contribution in [2.75, 3.05) is 20.1 Å². The Labute approximate surface area is 213 Å². The van der Waals surface area contributed by atoms with Gasteiger partial charge in [0.2, 0.25) is 5.91 Å². The highest BCUT2D eigenvalue weighted by Gasteiger charge is 2.74. The molecule has 8 nitrogen and oxygen atoms in total. The molecule has 1 spiro atoms. The van der Waals surface area contributed by atoms with Crippen LogP contribution in [0.15, 0.2) is 12.1 Å². The van der Waals surface area contributed by atoms with Crippen LogP contribution < -0.4 is 10.1 Å². The Kier molecular flexibility index (Phi) is 5.15. The van der Waals surface area contributed by atoms with Crippen LogP contribution in [0.1, 0.15) is 70.9 Å². The molecular formula is C28H39N3O5. The monoisotopic (exact) mass is 497 g/mol. The molecule has 0 radical (unpaired) electrons. The number of phenolic OH excluding ortho intramolecular Hbond substituents is 1. The average Bonchev–Trinajstić information content (AvgIpc) is 3.52. The van der Waals surface area contributed by atoms with Gasteiger partial charge in [-0.25, -0.2) is 4.79 Å². The van der Waals surface area contributed by atoms with Crippen LogP contribution in [-0.2, 0) is 21.4 Å². The van der Waals surface area contributed by atoms with E-state index in [0.29, 0.717) is 12.2 Å². The van der Waals surface area contributed by atoms with Crippen molar-refractivity contribution in [3.05, 3.63) is 23.3 Å². The molecule has 2 bridgehead atoms. The molecule has 3 fully saturated rings. The molecule has 36 heavy (non-hydrogen) atoms. The molecule has 0 aromatic heterocycles. The van der Waals surface area contributed by atoms with Gasteiger partial charge in [-0.3, -0.25) is 9.69 Å². The van der Waals surface area contributed by atoms with Crippen LogP contribution in [-0.4, -0.2) is 76.4 Å². The van der Waals surface area contributed by atoms with Crippen molar-refractivity contribution < 1.29 is 24.2 Å². The highest BCUT2D eigenvalue weighted by Crippen LogP contribution is 2.66. The van der Waals surface area contributed by atoms with Crippen molar-refractivity contribution in [2.45, 2.75) is 101 Å². The zero-order valence-corrected chi connectivity index (χ0v) is 22.1. The molecule has 2 N–H and O–H groups in total. The molecule has 2 heterocycles. The number of phenols is 1. The van der Waals surface area contributed by atoms with Gasteiger partial charge in [0.15, 0.2) is 11.5 Å². The lowest BCUT2D eigenvalue weighted by molar-refractivity contribution is -0.139. The van der Waals surface area contributed by atoms with E-state index in [4.69, 9.17) is 9.47 Å². The number of carbonyl (C=O) groups excluding carboxylic acids is 2. The highest BCUT2D eigenvalue weighted by atomic mass is 16.6. The summed E-state index contributed by atoms with van der Waals surface area (Å²) in [6, 6.07) is 3.68. The standard InChI is InChI=1S/C28H39N3O5/c1-16(32)29-28-11-10-19(30(5)25(34)36-26(2,3)4)24-27(28)12-13-31(15-17-6-7-17)21(28)14-18-8-9-20(33)23(35-24)22(18)27/h8-9,17,19,21,24,33H,6-7,10-15H2,1-5H3,(H,29,32)/t19?,21-,24?,27+,28-/m1/s1. The van der Waals surface area contributed by atoms with E-state index in [2.05, 4.69) is 10.2 Å². The molecule has 196 valence electrons. The van der Waals surface area contributed by atoms with E-state index in [1.807, 2.05) is 26.8 Å². The first-order valence-corrected chi connectivity index (χ1v) is 13.5. The first kappa shape index (κ1) is 23.9. The molecule has 5 aliphatic rings. The third-order valence-electron chi connectivity index (χ3n) is 9.36. The van der Waals surface area contributed by atoms with Gasteiger partial charge in [-0.2, -0.15) is 0 Å². The third kappa shape index (κ3) is 3.29. The summed E-state index contributed by atoms with van der Waals surface area (Å²) >= 11 is 0. The summed E-state index contributed by atoms with van der Waals surface area (Å²) in [5.41, 5.74) is 0.592. The zero-order valence-electron chi connectivity index (χ0n) is 22.1. The number of aromatic hydroxyl groups is 1. The average molecular weight is 498 g/mol. The van der Waals surface area contributed by atoms with Gasteiger partial charge in [-0.05, 0) is 83.4 Å². The van der Waals surface area contributed by atoms with E-state index in [0.717, 1.165) is 43.8 Å². The second kappa shape index (κ2) is 7.76. The van der Waals surface area contributed by atoms with Crippen molar-refractivity contribution in [2.24, 2.45) is 5.92 Å². The Balaban J connectivity index is 1.48. The number of nitrogens with one attached hydrogen (secondary N) is 1. The van der Waals surface area contributed by atoms with Gasteiger partial charge in [0, 0.05) is 32.1 Å². The molecule has 2 saturated carbocycles.